The topological polar surface area (TPSA) is 58.4 Å². The average Bonchev–Trinajstić information content (AvgIpc) is 3.05. The maximum Gasteiger partial charge on any atom is 0.268 e. The Bertz CT molecular complexity index is 974. The van der Waals surface area contributed by atoms with Crippen molar-refractivity contribution in [2.45, 2.75) is 19.4 Å². The highest BCUT2D eigenvalue weighted by Crippen LogP contribution is 2.17. The highest BCUT2D eigenvalue weighted by atomic mass is 32.1. The monoisotopic (exact) mass is 382 g/mol. The fourth-order valence-electron chi connectivity index (χ4n) is 3.42. The predicted octanol–water partition coefficient (Wildman–Crippen LogP) is 2.59. The zero-order chi connectivity index (χ0) is 18.6. The summed E-state index contributed by atoms with van der Waals surface area (Å²) in [5.74, 6) is 1.14. The molecule has 1 aromatic carbocycles. The molecule has 4 rings (SSSR count). The Hall–Kier alpha value is -2.67. The summed E-state index contributed by atoms with van der Waals surface area (Å²) in [5, 5.41) is 0.763. The standard InChI is InChI=1S/C20H22N4O2S/c25-19(23-14-12-22(13-15-23)18-8-3-4-10-21-18)9-5-11-24-20(26)16-6-1-2-7-17(16)27-24/h1-4,6-8,10H,5,9,11-15H2. The van der Waals surface area contributed by atoms with E-state index in [0.29, 0.717) is 19.4 Å². The Morgan fingerprint density at radius 3 is 2.56 bits per heavy atom. The number of amides is 1. The molecule has 0 radical (unpaired) electrons. The van der Waals surface area contributed by atoms with Crippen LogP contribution in [-0.4, -0.2) is 45.9 Å². The second-order valence-corrected chi connectivity index (χ2v) is 7.72. The van der Waals surface area contributed by atoms with Crippen molar-refractivity contribution in [2.75, 3.05) is 31.1 Å². The summed E-state index contributed by atoms with van der Waals surface area (Å²) in [4.78, 5) is 33.3. The van der Waals surface area contributed by atoms with E-state index in [1.165, 1.54) is 11.5 Å². The lowest BCUT2D eigenvalue weighted by Gasteiger charge is -2.35. The van der Waals surface area contributed by atoms with Crippen LogP contribution in [0.1, 0.15) is 12.8 Å². The van der Waals surface area contributed by atoms with Crippen molar-refractivity contribution in [3.05, 3.63) is 59.0 Å². The van der Waals surface area contributed by atoms with E-state index in [1.54, 1.807) is 10.2 Å². The number of rotatable bonds is 5. The zero-order valence-corrected chi connectivity index (χ0v) is 15.9. The second kappa shape index (κ2) is 7.92. The molecule has 1 aliphatic heterocycles. The number of benzene rings is 1. The van der Waals surface area contributed by atoms with Crippen LogP contribution in [0.5, 0.6) is 0 Å². The molecule has 7 heteroatoms. The number of aryl methyl sites for hydroxylation is 1. The van der Waals surface area contributed by atoms with Crippen LogP contribution in [0.15, 0.2) is 53.5 Å². The van der Waals surface area contributed by atoms with Gasteiger partial charge in [0.05, 0.1) is 10.1 Å². The molecule has 2 aromatic heterocycles. The molecular formula is C20H22N4O2S. The van der Waals surface area contributed by atoms with Gasteiger partial charge in [0.15, 0.2) is 0 Å². The first-order chi connectivity index (χ1) is 13.2. The number of carbonyl (C=O) groups is 1. The number of aromatic nitrogens is 2. The summed E-state index contributed by atoms with van der Waals surface area (Å²) >= 11 is 1.47. The third-order valence-corrected chi connectivity index (χ3v) is 6.03. The fourth-order valence-corrected chi connectivity index (χ4v) is 4.45. The molecule has 27 heavy (non-hydrogen) atoms. The third-order valence-electron chi connectivity index (χ3n) is 4.91. The molecule has 0 N–H and O–H groups in total. The Morgan fingerprint density at radius 1 is 1.04 bits per heavy atom. The van der Waals surface area contributed by atoms with Gasteiger partial charge in [0.25, 0.3) is 5.56 Å². The number of nitrogens with zero attached hydrogens (tertiary/aromatic N) is 4. The van der Waals surface area contributed by atoms with Crippen molar-refractivity contribution in [3.8, 4) is 0 Å². The molecule has 0 bridgehead atoms. The quantitative estimate of drug-likeness (QED) is 0.681. The van der Waals surface area contributed by atoms with Crippen molar-refractivity contribution in [3.63, 3.8) is 0 Å². The van der Waals surface area contributed by atoms with E-state index in [9.17, 15) is 9.59 Å². The minimum Gasteiger partial charge on any atom is -0.353 e. The smallest absolute Gasteiger partial charge is 0.268 e. The van der Waals surface area contributed by atoms with E-state index in [-0.39, 0.29) is 11.5 Å². The Labute approximate surface area is 161 Å². The van der Waals surface area contributed by atoms with Crippen molar-refractivity contribution in [1.82, 2.24) is 13.8 Å². The van der Waals surface area contributed by atoms with Crippen LogP contribution in [0, 0.1) is 0 Å². The number of piperazine rings is 1. The van der Waals surface area contributed by atoms with E-state index in [0.717, 1.165) is 42.1 Å². The molecule has 0 unspecified atom stereocenters. The molecule has 140 valence electrons. The molecule has 0 saturated carbocycles. The number of pyridine rings is 1. The van der Waals surface area contributed by atoms with Gasteiger partial charge in [0, 0.05) is 45.3 Å². The molecule has 1 aliphatic rings. The van der Waals surface area contributed by atoms with Gasteiger partial charge in [-0.2, -0.15) is 0 Å². The lowest BCUT2D eigenvalue weighted by molar-refractivity contribution is -0.131. The van der Waals surface area contributed by atoms with Gasteiger partial charge in [-0.3, -0.25) is 13.5 Å². The van der Waals surface area contributed by atoms with Gasteiger partial charge in [-0.25, -0.2) is 4.98 Å². The van der Waals surface area contributed by atoms with Gasteiger partial charge < -0.3 is 9.80 Å². The van der Waals surface area contributed by atoms with Crippen LogP contribution >= 0.6 is 11.5 Å². The number of carbonyl (C=O) groups excluding carboxylic acids is 1. The van der Waals surface area contributed by atoms with Crippen LogP contribution in [0.2, 0.25) is 0 Å². The van der Waals surface area contributed by atoms with E-state index in [1.807, 2.05) is 47.4 Å². The van der Waals surface area contributed by atoms with Crippen LogP contribution < -0.4 is 10.5 Å². The maximum absolute atomic E-state index is 12.5. The largest absolute Gasteiger partial charge is 0.353 e. The van der Waals surface area contributed by atoms with Gasteiger partial charge in [-0.05, 0) is 30.7 Å². The SMILES string of the molecule is O=C(CCCn1sc2ccccc2c1=O)N1CCN(c2ccccn2)CC1. The van der Waals surface area contributed by atoms with E-state index in [2.05, 4.69) is 9.88 Å². The predicted molar refractivity (Wildman–Crippen MR) is 108 cm³/mol. The molecule has 0 aliphatic carbocycles. The van der Waals surface area contributed by atoms with Gasteiger partial charge >= 0.3 is 0 Å². The summed E-state index contributed by atoms with van der Waals surface area (Å²) in [6, 6.07) is 13.5. The van der Waals surface area contributed by atoms with Crippen LogP contribution in [-0.2, 0) is 11.3 Å². The van der Waals surface area contributed by atoms with Crippen molar-refractivity contribution < 1.29 is 4.79 Å². The van der Waals surface area contributed by atoms with Gasteiger partial charge in [0.2, 0.25) is 5.91 Å². The maximum atomic E-state index is 12.5. The molecular weight excluding hydrogens is 360 g/mol. The zero-order valence-electron chi connectivity index (χ0n) is 15.1. The molecule has 1 saturated heterocycles. The van der Waals surface area contributed by atoms with E-state index in [4.69, 9.17) is 0 Å². The van der Waals surface area contributed by atoms with Crippen LogP contribution in [0.3, 0.4) is 0 Å². The summed E-state index contributed by atoms with van der Waals surface area (Å²) in [7, 11) is 0. The van der Waals surface area contributed by atoms with Crippen molar-refractivity contribution >= 4 is 33.3 Å². The first kappa shape index (κ1) is 17.7. The Balaban J connectivity index is 1.27. The number of hydrogen-bond acceptors (Lipinski definition) is 5. The summed E-state index contributed by atoms with van der Waals surface area (Å²) in [6.07, 6.45) is 2.96. The fraction of sp³-hybridized carbons (Fsp3) is 0.350. The van der Waals surface area contributed by atoms with Gasteiger partial charge in [-0.1, -0.05) is 29.7 Å². The number of anilines is 1. The highest BCUT2D eigenvalue weighted by molar-refractivity contribution is 7.13. The highest BCUT2D eigenvalue weighted by Gasteiger charge is 2.21. The lowest BCUT2D eigenvalue weighted by Crippen LogP contribution is -2.49. The molecule has 6 nitrogen and oxygen atoms in total. The van der Waals surface area contributed by atoms with Crippen molar-refractivity contribution in [1.29, 1.82) is 0 Å². The minimum absolute atomic E-state index is 0.0482. The molecule has 3 aromatic rings. The van der Waals surface area contributed by atoms with E-state index >= 15 is 0 Å². The number of hydrogen-bond donors (Lipinski definition) is 0. The van der Waals surface area contributed by atoms with Crippen LogP contribution in [0.25, 0.3) is 10.1 Å². The molecule has 1 fully saturated rings. The molecule has 0 spiro atoms. The normalized spacial score (nSPS) is 14.7. The molecule has 1 amide bonds. The summed E-state index contributed by atoms with van der Waals surface area (Å²) < 4.78 is 2.76. The van der Waals surface area contributed by atoms with Gasteiger partial charge in [0.1, 0.15) is 5.82 Å². The number of fused-ring (bicyclic) bond motifs is 1. The first-order valence-electron chi connectivity index (χ1n) is 9.25. The average molecular weight is 382 g/mol. The third kappa shape index (κ3) is 3.88. The minimum atomic E-state index is 0.0482. The first-order valence-corrected chi connectivity index (χ1v) is 10.0. The molecule has 0 atom stereocenters. The van der Waals surface area contributed by atoms with Crippen LogP contribution in [0.4, 0.5) is 5.82 Å². The summed E-state index contributed by atoms with van der Waals surface area (Å²) in [6.45, 7) is 3.64. The lowest BCUT2D eigenvalue weighted by atomic mass is 10.2. The van der Waals surface area contributed by atoms with E-state index < -0.39 is 0 Å². The Kier molecular flexibility index (Phi) is 5.20. The van der Waals surface area contributed by atoms with Crippen molar-refractivity contribution in [2.24, 2.45) is 0 Å². The summed E-state index contributed by atoms with van der Waals surface area (Å²) in [5.41, 5.74) is 0.0482. The van der Waals surface area contributed by atoms with Gasteiger partial charge in [-0.15, -0.1) is 0 Å². The molecule has 3 heterocycles. The second-order valence-electron chi connectivity index (χ2n) is 6.65. The Morgan fingerprint density at radius 2 is 1.81 bits per heavy atom.